The van der Waals surface area contributed by atoms with Crippen molar-refractivity contribution < 1.29 is 9.90 Å². The quantitative estimate of drug-likeness (QED) is 0.380. The largest absolute Gasteiger partial charge is 0.507 e. The van der Waals surface area contributed by atoms with Crippen LogP contribution in [0.3, 0.4) is 0 Å². The number of halogens is 1. The molecule has 0 atom stereocenters. The number of ketones is 1. The zero-order valence-corrected chi connectivity index (χ0v) is 13.8. The second-order valence-electron chi connectivity index (χ2n) is 4.93. The fourth-order valence-electron chi connectivity index (χ4n) is 2.35. The van der Waals surface area contributed by atoms with E-state index in [0.717, 1.165) is 19.9 Å². The number of carbonyl (C=O) groups excluding carboxylic acids is 1. The van der Waals surface area contributed by atoms with Gasteiger partial charge in [0.1, 0.15) is 5.75 Å². The van der Waals surface area contributed by atoms with Crippen molar-refractivity contribution in [3.8, 4) is 5.75 Å². The Labute approximate surface area is 142 Å². The first-order valence-corrected chi connectivity index (χ1v) is 7.92. The molecule has 0 aliphatic rings. The highest BCUT2D eigenvalue weighted by Crippen LogP contribution is 2.28. The summed E-state index contributed by atoms with van der Waals surface area (Å²) in [4.78, 5) is 12.5. The highest BCUT2D eigenvalue weighted by molar-refractivity contribution is 14.1. The number of fused-ring (bicyclic) bond motifs is 1. The molecule has 3 rings (SSSR count). The van der Waals surface area contributed by atoms with Crippen LogP contribution in [0.2, 0.25) is 0 Å². The number of phenols is 1. The van der Waals surface area contributed by atoms with Gasteiger partial charge in [-0.05, 0) is 63.2 Å². The van der Waals surface area contributed by atoms with Gasteiger partial charge in [-0.3, -0.25) is 4.79 Å². The number of phenolic OH excluding ortho intramolecular Hbond substituents is 1. The van der Waals surface area contributed by atoms with Gasteiger partial charge in [0.2, 0.25) is 0 Å². The molecule has 0 aromatic heterocycles. The molecule has 0 radical (unpaired) electrons. The molecule has 0 spiro atoms. The summed E-state index contributed by atoms with van der Waals surface area (Å²) < 4.78 is 1.15. The molecule has 0 fully saturated rings. The standard InChI is InChI=1S/C19H13IO2/c20-15-9-5-13(6-10-15)7-11-17(21)19-16-4-2-1-3-14(16)8-12-18(19)22/h1-12,22H/b11-7+. The predicted molar refractivity (Wildman–Crippen MR) is 98.1 cm³/mol. The Bertz CT molecular complexity index is 864. The number of benzene rings is 3. The lowest BCUT2D eigenvalue weighted by atomic mass is 9.99. The van der Waals surface area contributed by atoms with Gasteiger partial charge in [-0.15, -0.1) is 0 Å². The second kappa shape index (κ2) is 6.32. The van der Waals surface area contributed by atoms with Gasteiger partial charge in [-0.25, -0.2) is 0 Å². The molecule has 3 heteroatoms. The third-order valence-corrected chi connectivity index (χ3v) is 4.17. The Hall–Kier alpha value is -2.14. The molecule has 0 bridgehead atoms. The van der Waals surface area contributed by atoms with Crippen LogP contribution in [0.25, 0.3) is 16.8 Å². The normalized spacial score (nSPS) is 11.1. The number of carbonyl (C=O) groups is 1. The van der Waals surface area contributed by atoms with Crippen LogP contribution in [0.4, 0.5) is 0 Å². The Morgan fingerprint density at radius 3 is 2.45 bits per heavy atom. The van der Waals surface area contributed by atoms with Crippen molar-refractivity contribution in [3.63, 3.8) is 0 Å². The van der Waals surface area contributed by atoms with Gasteiger partial charge in [-0.2, -0.15) is 0 Å². The van der Waals surface area contributed by atoms with Gasteiger partial charge in [-0.1, -0.05) is 48.5 Å². The van der Waals surface area contributed by atoms with Crippen LogP contribution in [0.5, 0.6) is 5.75 Å². The number of rotatable bonds is 3. The Morgan fingerprint density at radius 2 is 1.68 bits per heavy atom. The highest BCUT2D eigenvalue weighted by Gasteiger charge is 2.12. The molecule has 0 unspecified atom stereocenters. The van der Waals surface area contributed by atoms with Crippen LogP contribution < -0.4 is 0 Å². The average Bonchev–Trinajstić information content (AvgIpc) is 2.54. The van der Waals surface area contributed by atoms with Crippen LogP contribution in [-0.4, -0.2) is 10.9 Å². The van der Waals surface area contributed by atoms with Crippen molar-refractivity contribution in [2.24, 2.45) is 0 Å². The third-order valence-electron chi connectivity index (χ3n) is 3.45. The smallest absolute Gasteiger partial charge is 0.190 e. The van der Waals surface area contributed by atoms with E-state index >= 15 is 0 Å². The van der Waals surface area contributed by atoms with E-state index in [1.54, 1.807) is 12.1 Å². The number of hydrogen-bond donors (Lipinski definition) is 1. The van der Waals surface area contributed by atoms with E-state index < -0.39 is 0 Å². The summed E-state index contributed by atoms with van der Waals surface area (Å²) in [7, 11) is 0. The Kier molecular flexibility index (Phi) is 4.24. The van der Waals surface area contributed by atoms with Crippen LogP contribution in [-0.2, 0) is 0 Å². The van der Waals surface area contributed by atoms with Gasteiger partial charge in [0.25, 0.3) is 0 Å². The molecule has 1 N–H and O–H groups in total. The second-order valence-corrected chi connectivity index (χ2v) is 6.18. The van der Waals surface area contributed by atoms with Gasteiger partial charge < -0.3 is 5.11 Å². The molecule has 22 heavy (non-hydrogen) atoms. The molecule has 0 heterocycles. The van der Waals surface area contributed by atoms with E-state index in [-0.39, 0.29) is 11.5 Å². The lowest BCUT2D eigenvalue weighted by molar-refractivity contribution is 0.104. The zero-order chi connectivity index (χ0) is 15.5. The Balaban J connectivity index is 1.98. The van der Waals surface area contributed by atoms with Crippen LogP contribution in [0, 0.1) is 3.57 Å². The molecule has 0 amide bonds. The molecule has 0 aliphatic heterocycles. The number of allylic oxidation sites excluding steroid dienone is 1. The third kappa shape index (κ3) is 3.04. The molecule has 2 nitrogen and oxygen atoms in total. The summed E-state index contributed by atoms with van der Waals surface area (Å²) in [6.07, 6.45) is 3.27. The number of aromatic hydroxyl groups is 1. The topological polar surface area (TPSA) is 37.3 Å². The monoisotopic (exact) mass is 400 g/mol. The van der Waals surface area contributed by atoms with Crippen molar-refractivity contribution >= 4 is 45.2 Å². The maximum absolute atomic E-state index is 12.5. The van der Waals surface area contributed by atoms with Crippen molar-refractivity contribution in [2.45, 2.75) is 0 Å². The van der Waals surface area contributed by atoms with E-state index in [4.69, 9.17) is 0 Å². The van der Waals surface area contributed by atoms with E-state index in [1.807, 2.05) is 54.6 Å². The van der Waals surface area contributed by atoms with E-state index in [0.29, 0.717) is 5.56 Å². The van der Waals surface area contributed by atoms with Crippen LogP contribution in [0.1, 0.15) is 15.9 Å². The van der Waals surface area contributed by atoms with E-state index in [2.05, 4.69) is 22.6 Å². The maximum atomic E-state index is 12.5. The lowest BCUT2D eigenvalue weighted by Crippen LogP contribution is -1.96. The maximum Gasteiger partial charge on any atom is 0.190 e. The minimum Gasteiger partial charge on any atom is -0.507 e. The van der Waals surface area contributed by atoms with Crippen molar-refractivity contribution in [1.29, 1.82) is 0 Å². The van der Waals surface area contributed by atoms with E-state index in [9.17, 15) is 9.90 Å². The van der Waals surface area contributed by atoms with Crippen LogP contribution >= 0.6 is 22.6 Å². The summed E-state index contributed by atoms with van der Waals surface area (Å²) in [5, 5.41) is 11.8. The van der Waals surface area contributed by atoms with Crippen molar-refractivity contribution in [2.75, 3.05) is 0 Å². The summed E-state index contributed by atoms with van der Waals surface area (Å²) in [6, 6.07) is 18.8. The molecule has 0 aliphatic carbocycles. The molecule has 0 saturated heterocycles. The number of hydrogen-bond acceptors (Lipinski definition) is 2. The lowest BCUT2D eigenvalue weighted by Gasteiger charge is -2.06. The van der Waals surface area contributed by atoms with Crippen LogP contribution in [0.15, 0.2) is 66.7 Å². The first-order chi connectivity index (χ1) is 10.6. The summed E-state index contributed by atoms with van der Waals surface area (Å²) in [5.74, 6) is -0.191. The van der Waals surface area contributed by atoms with Gasteiger partial charge in [0.15, 0.2) is 5.78 Å². The van der Waals surface area contributed by atoms with Crippen molar-refractivity contribution in [3.05, 3.63) is 81.4 Å². The molecule has 3 aromatic carbocycles. The fraction of sp³-hybridized carbons (Fsp3) is 0. The first kappa shape index (κ1) is 14.8. The average molecular weight is 400 g/mol. The fourth-order valence-corrected chi connectivity index (χ4v) is 2.71. The molecule has 3 aromatic rings. The van der Waals surface area contributed by atoms with Gasteiger partial charge in [0, 0.05) is 3.57 Å². The Morgan fingerprint density at radius 1 is 0.955 bits per heavy atom. The summed E-state index contributed by atoms with van der Waals surface area (Å²) in [5.41, 5.74) is 1.30. The summed E-state index contributed by atoms with van der Waals surface area (Å²) in [6.45, 7) is 0. The molecule has 108 valence electrons. The zero-order valence-electron chi connectivity index (χ0n) is 11.7. The highest BCUT2D eigenvalue weighted by atomic mass is 127. The molecular weight excluding hydrogens is 387 g/mol. The van der Waals surface area contributed by atoms with Crippen molar-refractivity contribution in [1.82, 2.24) is 0 Å². The predicted octanol–water partition coefficient (Wildman–Crippen LogP) is 5.05. The molecular formula is C19H13IO2. The minimum absolute atomic E-state index is 0.0101. The molecule has 0 saturated carbocycles. The van der Waals surface area contributed by atoms with E-state index in [1.165, 1.54) is 6.08 Å². The van der Waals surface area contributed by atoms with Gasteiger partial charge >= 0.3 is 0 Å². The minimum atomic E-state index is -0.201. The first-order valence-electron chi connectivity index (χ1n) is 6.84. The summed E-state index contributed by atoms with van der Waals surface area (Å²) >= 11 is 2.24. The SMILES string of the molecule is O=C(/C=C/c1ccc(I)cc1)c1c(O)ccc2ccccc12. The van der Waals surface area contributed by atoms with Gasteiger partial charge in [0.05, 0.1) is 5.56 Å².